The Balaban J connectivity index is 2.65. The number of carboxylic acid groups (broad SMARTS) is 1. The third-order valence-electron chi connectivity index (χ3n) is 2.41. The first-order valence-corrected chi connectivity index (χ1v) is 5.26. The van der Waals surface area contributed by atoms with E-state index < -0.39 is 5.97 Å². The molecule has 0 spiro atoms. The largest absolute Gasteiger partial charge is 0.477 e. The first-order valence-electron chi connectivity index (χ1n) is 5.26. The summed E-state index contributed by atoms with van der Waals surface area (Å²) in [5.74, 6) is -0.239. The maximum Gasteiger partial charge on any atom is 0.354 e. The molecule has 0 bridgehead atoms. The van der Waals surface area contributed by atoms with Gasteiger partial charge in [0, 0.05) is 7.05 Å². The second-order valence-corrected chi connectivity index (χ2v) is 4.24. The van der Waals surface area contributed by atoms with Crippen LogP contribution in [0.3, 0.4) is 0 Å². The number of carboxylic acids is 1. The third kappa shape index (κ3) is 3.08. The normalized spacial score (nSPS) is 10.9. The quantitative estimate of drug-likeness (QED) is 0.809. The van der Waals surface area contributed by atoms with Crippen LogP contribution in [0.5, 0.6) is 0 Å². The fraction of sp³-hybridized carbons (Fsp3) is 0.636. The number of nitrogens with zero attached hydrogens (tertiary/aromatic N) is 2. The van der Waals surface area contributed by atoms with Gasteiger partial charge >= 0.3 is 5.97 Å². The molecule has 1 heterocycles. The van der Waals surface area contributed by atoms with Crippen molar-refractivity contribution in [2.75, 3.05) is 0 Å². The first kappa shape index (κ1) is 11.8. The van der Waals surface area contributed by atoms with Crippen LogP contribution in [0.15, 0.2) is 6.33 Å². The summed E-state index contributed by atoms with van der Waals surface area (Å²) in [4.78, 5) is 15.1. The van der Waals surface area contributed by atoms with Crippen molar-refractivity contribution in [1.29, 1.82) is 0 Å². The van der Waals surface area contributed by atoms with Gasteiger partial charge in [-0.05, 0) is 18.8 Å². The molecule has 0 aliphatic heterocycles. The predicted molar refractivity (Wildman–Crippen MR) is 57.9 cm³/mol. The summed E-state index contributed by atoms with van der Waals surface area (Å²) in [6.45, 7) is 4.33. The van der Waals surface area contributed by atoms with Crippen LogP contribution in [0.2, 0.25) is 0 Å². The average molecular weight is 210 g/mol. The van der Waals surface area contributed by atoms with E-state index in [0.29, 0.717) is 17.3 Å². The molecule has 1 aromatic heterocycles. The van der Waals surface area contributed by atoms with Gasteiger partial charge in [0.15, 0.2) is 0 Å². The maximum absolute atomic E-state index is 10.9. The number of carbonyl (C=O) groups is 1. The SMILES string of the molecule is CC(C)CCCc1ncn(C)c1C(=O)O. The molecular formula is C11H18N2O2. The fourth-order valence-corrected chi connectivity index (χ4v) is 1.61. The van der Waals surface area contributed by atoms with Crippen molar-refractivity contribution in [3.63, 3.8) is 0 Å². The molecule has 84 valence electrons. The summed E-state index contributed by atoms with van der Waals surface area (Å²) in [5.41, 5.74) is 1.02. The topological polar surface area (TPSA) is 55.1 Å². The number of aromatic nitrogens is 2. The molecule has 0 radical (unpaired) electrons. The van der Waals surface area contributed by atoms with E-state index in [-0.39, 0.29) is 0 Å². The smallest absolute Gasteiger partial charge is 0.354 e. The number of imidazole rings is 1. The lowest BCUT2D eigenvalue weighted by Gasteiger charge is -2.03. The summed E-state index contributed by atoms with van der Waals surface area (Å²) in [7, 11) is 1.71. The lowest BCUT2D eigenvalue weighted by atomic mass is 10.0. The monoisotopic (exact) mass is 210 g/mol. The Bertz CT molecular complexity index is 342. The molecule has 0 amide bonds. The van der Waals surface area contributed by atoms with Crippen molar-refractivity contribution in [1.82, 2.24) is 9.55 Å². The highest BCUT2D eigenvalue weighted by Gasteiger charge is 2.15. The second-order valence-electron chi connectivity index (χ2n) is 4.24. The Morgan fingerprint density at radius 2 is 2.27 bits per heavy atom. The lowest BCUT2D eigenvalue weighted by molar-refractivity contribution is 0.0685. The summed E-state index contributed by atoms with van der Waals surface area (Å²) < 4.78 is 1.56. The van der Waals surface area contributed by atoms with Crippen molar-refractivity contribution >= 4 is 5.97 Å². The minimum absolute atomic E-state index is 0.318. The van der Waals surface area contributed by atoms with E-state index >= 15 is 0 Å². The van der Waals surface area contributed by atoms with Crippen molar-refractivity contribution in [2.45, 2.75) is 33.1 Å². The van der Waals surface area contributed by atoms with Crippen LogP contribution in [0, 0.1) is 5.92 Å². The molecule has 0 saturated carbocycles. The van der Waals surface area contributed by atoms with Crippen molar-refractivity contribution in [3.8, 4) is 0 Å². The maximum atomic E-state index is 10.9. The van der Waals surface area contributed by atoms with E-state index in [9.17, 15) is 4.79 Å². The number of rotatable bonds is 5. The van der Waals surface area contributed by atoms with Crippen LogP contribution < -0.4 is 0 Å². The summed E-state index contributed by atoms with van der Waals surface area (Å²) in [6, 6.07) is 0. The molecule has 0 aliphatic carbocycles. The van der Waals surface area contributed by atoms with E-state index in [2.05, 4.69) is 18.8 Å². The van der Waals surface area contributed by atoms with Crippen LogP contribution in [0.4, 0.5) is 0 Å². The Hall–Kier alpha value is -1.32. The Labute approximate surface area is 89.9 Å². The molecule has 4 nitrogen and oxygen atoms in total. The first-order chi connectivity index (χ1) is 7.02. The van der Waals surface area contributed by atoms with Gasteiger partial charge < -0.3 is 9.67 Å². The fourth-order valence-electron chi connectivity index (χ4n) is 1.61. The van der Waals surface area contributed by atoms with Gasteiger partial charge in [-0.1, -0.05) is 20.3 Å². The molecule has 1 N–H and O–H groups in total. The van der Waals surface area contributed by atoms with Crippen LogP contribution in [-0.2, 0) is 13.5 Å². The third-order valence-corrected chi connectivity index (χ3v) is 2.41. The molecule has 15 heavy (non-hydrogen) atoms. The number of hydrogen-bond acceptors (Lipinski definition) is 2. The summed E-state index contributed by atoms with van der Waals surface area (Å²) >= 11 is 0. The van der Waals surface area contributed by atoms with Crippen molar-refractivity contribution in [3.05, 3.63) is 17.7 Å². The Morgan fingerprint density at radius 1 is 1.60 bits per heavy atom. The van der Waals surface area contributed by atoms with Crippen LogP contribution in [0.1, 0.15) is 42.9 Å². The minimum Gasteiger partial charge on any atom is -0.477 e. The number of aryl methyl sites for hydroxylation is 2. The zero-order valence-corrected chi connectivity index (χ0v) is 9.53. The van der Waals surface area contributed by atoms with Gasteiger partial charge in [0.25, 0.3) is 0 Å². The van der Waals surface area contributed by atoms with E-state index in [1.807, 2.05) is 0 Å². The Morgan fingerprint density at radius 3 is 2.80 bits per heavy atom. The van der Waals surface area contributed by atoms with E-state index in [1.54, 1.807) is 17.9 Å². The van der Waals surface area contributed by atoms with Gasteiger partial charge in [0.2, 0.25) is 0 Å². The van der Waals surface area contributed by atoms with Gasteiger partial charge in [0.05, 0.1) is 12.0 Å². The lowest BCUT2D eigenvalue weighted by Crippen LogP contribution is -2.07. The minimum atomic E-state index is -0.894. The van der Waals surface area contributed by atoms with Gasteiger partial charge in [-0.15, -0.1) is 0 Å². The van der Waals surface area contributed by atoms with Crippen molar-refractivity contribution in [2.24, 2.45) is 13.0 Å². The van der Waals surface area contributed by atoms with E-state index in [0.717, 1.165) is 19.3 Å². The molecule has 0 atom stereocenters. The van der Waals surface area contributed by atoms with Gasteiger partial charge in [-0.2, -0.15) is 0 Å². The van der Waals surface area contributed by atoms with Gasteiger partial charge in [0.1, 0.15) is 5.69 Å². The highest BCUT2D eigenvalue weighted by molar-refractivity contribution is 5.87. The van der Waals surface area contributed by atoms with Crippen LogP contribution in [-0.4, -0.2) is 20.6 Å². The summed E-state index contributed by atoms with van der Waals surface area (Å²) in [6.07, 6.45) is 4.42. The zero-order chi connectivity index (χ0) is 11.4. The highest BCUT2D eigenvalue weighted by Crippen LogP contribution is 2.12. The second kappa shape index (κ2) is 4.96. The molecule has 0 aromatic carbocycles. The molecule has 4 heteroatoms. The van der Waals surface area contributed by atoms with Crippen LogP contribution >= 0.6 is 0 Å². The van der Waals surface area contributed by atoms with E-state index in [4.69, 9.17) is 5.11 Å². The molecule has 0 fully saturated rings. The summed E-state index contributed by atoms with van der Waals surface area (Å²) in [5, 5.41) is 8.98. The standard InChI is InChI=1S/C11H18N2O2/c1-8(2)5-4-6-9-10(11(14)15)13(3)7-12-9/h7-8H,4-6H2,1-3H3,(H,14,15). The molecule has 0 saturated heterocycles. The molecule has 1 aromatic rings. The predicted octanol–water partition coefficient (Wildman–Crippen LogP) is 2.10. The average Bonchev–Trinajstić information content (AvgIpc) is 2.46. The van der Waals surface area contributed by atoms with E-state index in [1.165, 1.54) is 0 Å². The number of hydrogen-bond donors (Lipinski definition) is 1. The molecule has 1 rings (SSSR count). The van der Waals surface area contributed by atoms with Gasteiger partial charge in [-0.25, -0.2) is 9.78 Å². The molecule has 0 unspecified atom stereocenters. The zero-order valence-electron chi connectivity index (χ0n) is 9.53. The number of aromatic carboxylic acids is 1. The molecule has 0 aliphatic rings. The highest BCUT2D eigenvalue weighted by atomic mass is 16.4. The van der Waals surface area contributed by atoms with Crippen molar-refractivity contribution < 1.29 is 9.90 Å². The Kier molecular flexibility index (Phi) is 3.88. The van der Waals surface area contributed by atoms with Gasteiger partial charge in [-0.3, -0.25) is 0 Å². The van der Waals surface area contributed by atoms with Crippen LogP contribution in [0.25, 0.3) is 0 Å². The molecular weight excluding hydrogens is 192 g/mol.